The molecule has 0 aliphatic carbocycles. The smallest absolute Gasteiger partial charge is 0.269 e. The molecule has 0 aliphatic rings. The molecule has 5 heteroatoms. The summed E-state index contributed by atoms with van der Waals surface area (Å²) in [6.07, 6.45) is 4.86. The largest absolute Gasteiger partial charge is 0.369 e. The van der Waals surface area contributed by atoms with Crippen molar-refractivity contribution in [2.24, 2.45) is 0 Å². The van der Waals surface area contributed by atoms with Crippen LogP contribution in [-0.4, -0.2) is 9.55 Å². The summed E-state index contributed by atoms with van der Waals surface area (Å²) in [5.74, 6) is 0.245. The van der Waals surface area contributed by atoms with Gasteiger partial charge in [0.05, 0.1) is 5.69 Å². The number of aromatic nitrogens is 2. The molecule has 0 saturated carbocycles. The normalized spacial score (nSPS) is 11.1. The van der Waals surface area contributed by atoms with Gasteiger partial charge in [-0.05, 0) is 29.0 Å². The van der Waals surface area contributed by atoms with Gasteiger partial charge in [0.15, 0.2) is 0 Å². The molecule has 0 spiro atoms. The maximum absolute atomic E-state index is 12.4. The van der Waals surface area contributed by atoms with Gasteiger partial charge >= 0.3 is 0 Å². The van der Waals surface area contributed by atoms with Gasteiger partial charge in [0, 0.05) is 12.1 Å². The maximum atomic E-state index is 12.4. The third kappa shape index (κ3) is 3.09. The second kappa shape index (κ2) is 6.69. The molecule has 0 bridgehead atoms. The summed E-state index contributed by atoms with van der Waals surface area (Å²) in [7, 11) is 0. The number of rotatable bonds is 4. The van der Waals surface area contributed by atoms with E-state index < -0.39 is 0 Å². The molecule has 0 atom stereocenters. The molecular weight excluding hydrogens is 365 g/mol. The number of nitrogen functional groups attached to an aromatic ring is 1. The van der Waals surface area contributed by atoms with Crippen molar-refractivity contribution in [1.29, 1.82) is 0 Å². The van der Waals surface area contributed by atoms with E-state index in [9.17, 15) is 4.79 Å². The van der Waals surface area contributed by atoms with E-state index in [2.05, 4.69) is 4.98 Å². The van der Waals surface area contributed by atoms with E-state index in [-0.39, 0.29) is 11.5 Å². The van der Waals surface area contributed by atoms with Crippen LogP contribution in [0, 0.1) is 3.57 Å². The van der Waals surface area contributed by atoms with E-state index >= 15 is 0 Å². The molecule has 0 unspecified atom stereocenters. The molecule has 2 aromatic rings. The number of nitrogens with zero attached hydrogens (tertiary/aromatic N) is 2. The summed E-state index contributed by atoms with van der Waals surface area (Å²) < 4.78 is 2.08. The van der Waals surface area contributed by atoms with Crippen LogP contribution in [0.4, 0.5) is 5.95 Å². The van der Waals surface area contributed by atoms with Gasteiger partial charge in [-0.2, -0.15) is 0 Å². The van der Waals surface area contributed by atoms with Crippen LogP contribution in [0.25, 0.3) is 11.3 Å². The lowest BCUT2D eigenvalue weighted by Crippen LogP contribution is -2.27. The minimum absolute atomic E-state index is 0.0993. The van der Waals surface area contributed by atoms with Crippen molar-refractivity contribution in [3.8, 4) is 11.3 Å². The fourth-order valence-electron chi connectivity index (χ4n) is 1.86. The molecule has 0 amide bonds. The Labute approximate surface area is 131 Å². The fourth-order valence-corrected chi connectivity index (χ4v) is 2.58. The Balaban J connectivity index is 2.50. The summed E-state index contributed by atoms with van der Waals surface area (Å²) in [5.41, 5.74) is 7.37. The van der Waals surface area contributed by atoms with Crippen LogP contribution in [0.1, 0.15) is 13.3 Å². The Bertz CT molecular complexity index is 678. The van der Waals surface area contributed by atoms with Gasteiger partial charge in [0.25, 0.3) is 5.56 Å². The zero-order valence-electron chi connectivity index (χ0n) is 11.2. The van der Waals surface area contributed by atoms with Gasteiger partial charge in [-0.1, -0.05) is 49.4 Å². The Morgan fingerprint density at radius 1 is 1.30 bits per heavy atom. The summed E-state index contributed by atoms with van der Waals surface area (Å²) in [6.45, 7) is 2.50. The monoisotopic (exact) mass is 381 g/mol. The van der Waals surface area contributed by atoms with Gasteiger partial charge in [0.2, 0.25) is 5.95 Å². The fraction of sp³-hybridized carbons (Fsp3) is 0.200. The Morgan fingerprint density at radius 3 is 2.65 bits per heavy atom. The Hall–Kier alpha value is -1.63. The topological polar surface area (TPSA) is 60.9 Å². The molecule has 0 saturated heterocycles. The highest BCUT2D eigenvalue weighted by atomic mass is 127. The van der Waals surface area contributed by atoms with Crippen LogP contribution in [0.15, 0.2) is 47.3 Å². The van der Waals surface area contributed by atoms with Crippen molar-refractivity contribution >= 4 is 28.5 Å². The number of hydrogen-bond acceptors (Lipinski definition) is 3. The van der Waals surface area contributed by atoms with Crippen molar-refractivity contribution in [3.63, 3.8) is 0 Å². The zero-order chi connectivity index (χ0) is 14.5. The first kappa shape index (κ1) is 14.8. The van der Waals surface area contributed by atoms with Gasteiger partial charge in [0.1, 0.15) is 3.57 Å². The van der Waals surface area contributed by atoms with Gasteiger partial charge < -0.3 is 5.73 Å². The Kier molecular flexibility index (Phi) is 4.94. The van der Waals surface area contributed by atoms with Crippen molar-refractivity contribution in [2.75, 3.05) is 5.73 Å². The molecule has 0 radical (unpaired) electrons. The second-order valence-electron chi connectivity index (χ2n) is 4.29. The molecule has 1 heterocycles. The molecule has 104 valence electrons. The van der Waals surface area contributed by atoms with Gasteiger partial charge in [-0.3, -0.25) is 9.36 Å². The molecular formula is C15H16IN3O. The molecule has 2 N–H and O–H groups in total. The predicted octanol–water partition coefficient (Wildman–Crippen LogP) is 3.06. The van der Waals surface area contributed by atoms with E-state index in [1.807, 2.05) is 72.0 Å². The van der Waals surface area contributed by atoms with E-state index in [0.717, 1.165) is 12.0 Å². The lowest BCUT2D eigenvalue weighted by Gasteiger charge is -2.10. The zero-order valence-corrected chi connectivity index (χ0v) is 13.4. The molecule has 1 aromatic carbocycles. The second-order valence-corrected chi connectivity index (χ2v) is 5.37. The number of benzene rings is 1. The van der Waals surface area contributed by atoms with Crippen molar-refractivity contribution < 1.29 is 0 Å². The summed E-state index contributed by atoms with van der Waals surface area (Å²) in [4.78, 5) is 16.8. The number of hydrogen-bond donors (Lipinski definition) is 1. The molecule has 0 aliphatic heterocycles. The lowest BCUT2D eigenvalue weighted by molar-refractivity contribution is 0.763. The first-order chi connectivity index (χ1) is 9.65. The molecule has 20 heavy (non-hydrogen) atoms. The van der Waals surface area contributed by atoms with Crippen molar-refractivity contribution in [1.82, 2.24) is 9.55 Å². The highest BCUT2D eigenvalue weighted by molar-refractivity contribution is 14.1. The van der Waals surface area contributed by atoms with Crippen LogP contribution in [0.3, 0.4) is 0 Å². The highest BCUT2D eigenvalue weighted by Gasteiger charge is 2.13. The first-order valence-electron chi connectivity index (χ1n) is 6.41. The van der Waals surface area contributed by atoms with Crippen LogP contribution in [0.2, 0.25) is 0 Å². The quantitative estimate of drug-likeness (QED) is 0.654. The third-order valence-electron chi connectivity index (χ3n) is 2.88. The third-order valence-corrected chi connectivity index (χ3v) is 3.85. The number of allylic oxidation sites excluding steroid dienone is 2. The average molecular weight is 381 g/mol. The Morgan fingerprint density at radius 2 is 2.00 bits per heavy atom. The highest BCUT2D eigenvalue weighted by Crippen LogP contribution is 2.21. The van der Waals surface area contributed by atoms with Crippen LogP contribution in [0.5, 0.6) is 0 Å². The van der Waals surface area contributed by atoms with Gasteiger partial charge in [-0.25, -0.2) is 4.98 Å². The number of nitrogens with two attached hydrogens (primary N) is 1. The summed E-state index contributed by atoms with van der Waals surface area (Å²) in [6, 6.07) is 9.60. The number of halogens is 1. The average Bonchev–Trinajstić information content (AvgIpc) is 2.47. The summed E-state index contributed by atoms with van der Waals surface area (Å²) in [5, 5.41) is 0. The molecule has 0 fully saturated rings. The van der Waals surface area contributed by atoms with Gasteiger partial charge in [-0.15, -0.1) is 0 Å². The molecule has 4 nitrogen and oxygen atoms in total. The van der Waals surface area contributed by atoms with E-state index in [1.54, 1.807) is 0 Å². The van der Waals surface area contributed by atoms with E-state index in [0.29, 0.717) is 15.8 Å². The van der Waals surface area contributed by atoms with Crippen LogP contribution in [-0.2, 0) is 6.54 Å². The molecule has 2 rings (SSSR count). The van der Waals surface area contributed by atoms with Crippen molar-refractivity contribution in [3.05, 3.63) is 56.4 Å². The van der Waals surface area contributed by atoms with E-state index in [1.165, 1.54) is 4.57 Å². The number of anilines is 1. The lowest BCUT2D eigenvalue weighted by atomic mass is 10.1. The minimum atomic E-state index is -0.0993. The standard InChI is InChI=1S/C15H16IN3O/c1-2-3-7-10-19-14(20)12(16)13(18-15(19)17)11-8-5-4-6-9-11/h3-9H,2,10H2,1H3,(H2,17,18). The predicted molar refractivity (Wildman–Crippen MR) is 90.5 cm³/mol. The SMILES string of the molecule is CCC=CCn1c(N)nc(-c2ccccc2)c(I)c1=O. The minimum Gasteiger partial charge on any atom is -0.369 e. The first-order valence-corrected chi connectivity index (χ1v) is 7.49. The summed E-state index contributed by atoms with van der Waals surface area (Å²) >= 11 is 2.04. The van der Waals surface area contributed by atoms with Crippen LogP contribution < -0.4 is 11.3 Å². The van der Waals surface area contributed by atoms with Crippen LogP contribution >= 0.6 is 22.6 Å². The maximum Gasteiger partial charge on any atom is 0.269 e. The van der Waals surface area contributed by atoms with Crippen molar-refractivity contribution in [2.45, 2.75) is 19.9 Å². The molecule has 1 aromatic heterocycles. The van der Waals surface area contributed by atoms with E-state index in [4.69, 9.17) is 5.73 Å².